The Morgan fingerprint density at radius 3 is 2.95 bits per heavy atom. The summed E-state index contributed by atoms with van der Waals surface area (Å²) >= 11 is 3.46. The zero-order chi connectivity index (χ0) is 14.0. The Morgan fingerprint density at radius 2 is 2.37 bits per heavy atom. The molecule has 1 aromatic rings. The van der Waals surface area contributed by atoms with Gasteiger partial charge in [0.05, 0.1) is 22.7 Å². The molecule has 1 aliphatic rings. The first-order valence-electron chi connectivity index (χ1n) is 6.59. The van der Waals surface area contributed by atoms with Crippen molar-refractivity contribution in [3.63, 3.8) is 0 Å². The molecule has 0 bridgehead atoms. The lowest BCUT2D eigenvalue weighted by Crippen LogP contribution is -2.44. The topological polar surface area (TPSA) is 53.7 Å². The molecule has 4 nitrogen and oxygen atoms in total. The first kappa shape index (κ1) is 14.6. The van der Waals surface area contributed by atoms with E-state index in [0.717, 1.165) is 42.7 Å². The predicted octanol–water partition coefficient (Wildman–Crippen LogP) is 3.36. The van der Waals surface area contributed by atoms with Crippen LogP contribution in [0.4, 0.5) is 0 Å². The van der Waals surface area contributed by atoms with Crippen molar-refractivity contribution < 1.29 is 14.3 Å². The third-order valence-corrected chi connectivity index (χ3v) is 4.84. The molecule has 2 heterocycles. The highest BCUT2D eigenvalue weighted by atomic mass is 79.9. The summed E-state index contributed by atoms with van der Waals surface area (Å²) in [5, 5.41) is 9.34. The molecule has 1 saturated heterocycles. The van der Waals surface area contributed by atoms with E-state index < -0.39 is 11.4 Å². The molecule has 0 aliphatic carbocycles. The highest BCUT2D eigenvalue weighted by molar-refractivity contribution is 9.10. The van der Waals surface area contributed by atoms with Gasteiger partial charge in [-0.3, -0.25) is 9.69 Å². The average Bonchev–Trinajstić information content (AvgIpc) is 2.75. The Bertz CT molecular complexity index is 455. The van der Waals surface area contributed by atoms with Crippen LogP contribution in [-0.2, 0) is 11.3 Å². The molecule has 1 atom stereocenters. The number of aliphatic carboxylic acids is 1. The summed E-state index contributed by atoms with van der Waals surface area (Å²) in [7, 11) is 0. The van der Waals surface area contributed by atoms with E-state index in [0.29, 0.717) is 0 Å². The van der Waals surface area contributed by atoms with Crippen LogP contribution in [0.25, 0.3) is 0 Å². The minimum atomic E-state index is -0.710. The summed E-state index contributed by atoms with van der Waals surface area (Å²) < 4.78 is 6.41. The van der Waals surface area contributed by atoms with Gasteiger partial charge in [0.1, 0.15) is 5.76 Å². The number of piperidine rings is 1. The lowest BCUT2D eigenvalue weighted by molar-refractivity contribution is -0.151. The van der Waals surface area contributed by atoms with Gasteiger partial charge < -0.3 is 9.52 Å². The summed E-state index contributed by atoms with van der Waals surface area (Å²) in [4.78, 5) is 13.6. The molecule has 106 valence electrons. The van der Waals surface area contributed by atoms with Crippen molar-refractivity contribution >= 4 is 21.9 Å². The van der Waals surface area contributed by atoms with Gasteiger partial charge in [-0.25, -0.2) is 0 Å². The Labute approximate surface area is 121 Å². The fourth-order valence-corrected chi connectivity index (χ4v) is 2.93. The molecule has 5 heteroatoms. The quantitative estimate of drug-likeness (QED) is 0.920. The zero-order valence-electron chi connectivity index (χ0n) is 11.4. The predicted molar refractivity (Wildman–Crippen MR) is 75.8 cm³/mol. The maximum atomic E-state index is 11.4. The maximum absolute atomic E-state index is 11.4. The van der Waals surface area contributed by atoms with Gasteiger partial charge in [-0.2, -0.15) is 0 Å². The van der Waals surface area contributed by atoms with Gasteiger partial charge in [-0.1, -0.05) is 0 Å². The molecular formula is C14H20BrNO3. The summed E-state index contributed by atoms with van der Waals surface area (Å²) in [6.45, 7) is 6.20. The summed E-state index contributed by atoms with van der Waals surface area (Å²) in [6, 6.07) is 1.89. The number of hydrogen-bond donors (Lipinski definition) is 1. The zero-order valence-corrected chi connectivity index (χ0v) is 12.9. The van der Waals surface area contributed by atoms with Crippen LogP contribution in [0.2, 0.25) is 0 Å². The molecule has 1 unspecified atom stereocenters. The van der Waals surface area contributed by atoms with E-state index in [4.69, 9.17) is 4.42 Å². The van der Waals surface area contributed by atoms with Crippen LogP contribution in [0.15, 0.2) is 21.2 Å². The number of nitrogens with zero attached hydrogens (tertiary/aromatic N) is 1. The van der Waals surface area contributed by atoms with Crippen molar-refractivity contribution in [1.29, 1.82) is 0 Å². The normalized spacial score (nSPS) is 21.5. The van der Waals surface area contributed by atoms with Crippen molar-refractivity contribution in [3.8, 4) is 0 Å². The van der Waals surface area contributed by atoms with Crippen LogP contribution < -0.4 is 0 Å². The third kappa shape index (κ3) is 3.20. The van der Waals surface area contributed by atoms with Crippen molar-refractivity contribution in [2.45, 2.75) is 33.2 Å². The van der Waals surface area contributed by atoms with E-state index >= 15 is 0 Å². The Balaban J connectivity index is 2.02. The largest absolute Gasteiger partial charge is 0.481 e. The van der Waals surface area contributed by atoms with Crippen LogP contribution in [0, 0.1) is 11.3 Å². The second kappa shape index (κ2) is 5.67. The number of rotatable bonds is 4. The van der Waals surface area contributed by atoms with E-state index in [1.165, 1.54) is 0 Å². The highest BCUT2D eigenvalue weighted by Gasteiger charge is 2.39. The van der Waals surface area contributed by atoms with Crippen molar-refractivity contribution in [1.82, 2.24) is 4.90 Å². The van der Waals surface area contributed by atoms with Crippen LogP contribution in [0.5, 0.6) is 0 Å². The van der Waals surface area contributed by atoms with Crippen molar-refractivity contribution in [2.24, 2.45) is 11.3 Å². The number of hydrogen-bond acceptors (Lipinski definition) is 3. The molecule has 1 fully saturated rings. The van der Waals surface area contributed by atoms with Crippen LogP contribution >= 0.6 is 15.9 Å². The number of likely N-dealkylation sites (tertiary alicyclic amines) is 1. The van der Waals surface area contributed by atoms with E-state index in [2.05, 4.69) is 20.8 Å². The van der Waals surface area contributed by atoms with Gasteiger partial charge >= 0.3 is 5.97 Å². The van der Waals surface area contributed by atoms with E-state index in [1.54, 1.807) is 6.26 Å². The lowest BCUT2D eigenvalue weighted by atomic mass is 9.74. The molecule has 1 N–H and O–H groups in total. The number of halogens is 1. The van der Waals surface area contributed by atoms with Crippen molar-refractivity contribution in [3.05, 3.63) is 22.6 Å². The molecule has 0 aromatic carbocycles. The van der Waals surface area contributed by atoms with Crippen molar-refractivity contribution in [2.75, 3.05) is 13.1 Å². The monoisotopic (exact) mass is 329 g/mol. The molecule has 0 radical (unpaired) electrons. The van der Waals surface area contributed by atoms with Gasteiger partial charge in [-0.05, 0) is 61.1 Å². The number of furan rings is 1. The third-order valence-electron chi connectivity index (χ3n) is 4.14. The minimum Gasteiger partial charge on any atom is -0.481 e. The standard InChI is InChI=1S/C14H20BrNO3/c1-14(2,13(17)18)10-4-3-6-16(8-10)9-12-11(15)5-7-19-12/h5,7,10H,3-4,6,8-9H2,1-2H3,(H,17,18). The molecule has 1 aromatic heterocycles. The van der Waals surface area contributed by atoms with E-state index in [9.17, 15) is 9.90 Å². The van der Waals surface area contributed by atoms with Crippen LogP contribution in [0.1, 0.15) is 32.4 Å². The molecule has 0 spiro atoms. The molecular weight excluding hydrogens is 310 g/mol. The Kier molecular flexibility index (Phi) is 4.36. The SMILES string of the molecule is CC(C)(C(=O)O)C1CCCN(Cc2occc2Br)C1. The van der Waals surface area contributed by atoms with E-state index in [-0.39, 0.29) is 5.92 Å². The second-order valence-corrected chi connectivity index (χ2v) is 6.65. The molecule has 1 aliphatic heterocycles. The first-order valence-corrected chi connectivity index (χ1v) is 7.38. The lowest BCUT2D eigenvalue weighted by Gasteiger charge is -2.39. The minimum absolute atomic E-state index is 0.187. The van der Waals surface area contributed by atoms with Crippen LogP contribution in [-0.4, -0.2) is 29.1 Å². The smallest absolute Gasteiger partial charge is 0.309 e. The van der Waals surface area contributed by atoms with E-state index in [1.807, 2.05) is 19.9 Å². The number of carbonyl (C=O) groups is 1. The molecule has 19 heavy (non-hydrogen) atoms. The number of carboxylic acid groups (broad SMARTS) is 1. The average molecular weight is 330 g/mol. The fraction of sp³-hybridized carbons (Fsp3) is 0.643. The maximum Gasteiger partial charge on any atom is 0.309 e. The Hall–Kier alpha value is -0.810. The van der Waals surface area contributed by atoms with Gasteiger partial charge in [0.15, 0.2) is 0 Å². The molecule has 2 rings (SSSR count). The Morgan fingerprint density at radius 1 is 1.63 bits per heavy atom. The van der Waals surface area contributed by atoms with Gasteiger partial charge in [0, 0.05) is 6.54 Å². The van der Waals surface area contributed by atoms with Gasteiger partial charge in [0.2, 0.25) is 0 Å². The first-order chi connectivity index (χ1) is 8.91. The number of carboxylic acids is 1. The van der Waals surface area contributed by atoms with Crippen LogP contribution in [0.3, 0.4) is 0 Å². The summed E-state index contributed by atoms with van der Waals surface area (Å²) in [5.41, 5.74) is -0.668. The fourth-order valence-electron chi connectivity index (χ4n) is 2.60. The van der Waals surface area contributed by atoms with Gasteiger partial charge in [0.25, 0.3) is 0 Å². The molecule has 0 amide bonds. The highest BCUT2D eigenvalue weighted by Crippen LogP contribution is 2.35. The molecule has 0 saturated carbocycles. The second-order valence-electron chi connectivity index (χ2n) is 5.79. The summed E-state index contributed by atoms with van der Waals surface area (Å²) in [6.07, 6.45) is 3.69. The van der Waals surface area contributed by atoms with Gasteiger partial charge in [-0.15, -0.1) is 0 Å². The summed E-state index contributed by atoms with van der Waals surface area (Å²) in [5.74, 6) is 0.389.